The van der Waals surface area contributed by atoms with Crippen molar-refractivity contribution in [3.05, 3.63) is 38.9 Å². The highest BCUT2D eigenvalue weighted by atomic mass is 35.5. The molecule has 68 valence electrons. The van der Waals surface area contributed by atoms with Crippen LogP contribution in [0.3, 0.4) is 0 Å². The zero-order valence-corrected chi connectivity index (χ0v) is 7.23. The minimum atomic E-state index is -0.559. The highest BCUT2D eigenvalue weighted by Crippen LogP contribution is 2.24. The monoisotopic (exact) mass is 199 g/mol. The van der Waals surface area contributed by atoms with Crippen molar-refractivity contribution in [2.24, 2.45) is 10.9 Å². The molecule has 0 unspecified atom stereocenters. The van der Waals surface area contributed by atoms with Gasteiger partial charge in [-0.2, -0.15) is 5.10 Å². The molecule has 0 heterocycles. The molecule has 13 heavy (non-hydrogen) atoms. The molecule has 2 N–H and O–H groups in total. The second-order valence-electron chi connectivity index (χ2n) is 2.25. The molecular weight excluding hydrogens is 194 g/mol. The van der Waals surface area contributed by atoms with E-state index in [4.69, 9.17) is 17.4 Å². The Hall–Kier alpha value is -1.62. The van der Waals surface area contributed by atoms with Gasteiger partial charge in [-0.05, 0) is 6.07 Å². The number of nitrogens with zero attached hydrogens (tertiary/aromatic N) is 2. The van der Waals surface area contributed by atoms with E-state index in [1.54, 1.807) is 6.07 Å². The van der Waals surface area contributed by atoms with Crippen LogP contribution < -0.4 is 5.84 Å². The predicted octanol–water partition coefficient (Wildman–Crippen LogP) is 1.54. The van der Waals surface area contributed by atoms with Gasteiger partial charge in [0.1, 0.15) is 5.02 Å². The lowest BCUT2D eigenvalue weighted by Gasteiger charge is -1.95. The third kappa shape index (κ3) is 2.16. The molecule has 0 aliphatic rings. The van der Waals surface area contributed by atoms with Gasteiger partial charge >= 0.3 is 0 Å². The maximum Gasteiger partial charge on any atom is 0.288 e. The first kappa shape index (κ1) is 9.47. The van der Waals surface area contributed by atoms with Gasteiger partial charge in [0.2, 0.25) is 0 Å². The van der Waals surface area contributed by atoms with Gasteiger partial charge in [0, 0.05) is 11.6 Å². The third-order valence-corrected chi connectivity index (χ3v) is 1.71. The Morgan fingerprint density at radius 2 is 2.31 bits per heavy atom. The van der Waals surface area contributed by atoms with Gasteiger partial charge in [-0.25, -0.2) is 0 Å². The van der Waals surface area contributed by atoms with Crippen LogP contribution in [0.2, 0.25) is 5.02 Å². The Morgan fingerprint density at radius 1 is 1.62 bits per heavy atom. The van der Waals surface area contributed by atoms with E-state index in [9.17, 15) is 10.1 Å². The van der Waals surface area contributed by atoms with Gasteiger partial charge in [-0.15, -0.1) is 0 Å². The van der Waals surface area contributed by atoms with Crippen molar-refractivity contribution in [2.75, 3.05) is 0 Å². The molecule has 1 aromatic rings. The van der Waals surface area contributed by atoms with Crippen LogP contribution >= 0.6 is 11.6 Å². The number of hydrazone groups is 1. The van der Waals surface area contributed by atoms with E-state index < -0.39 is 4.92 Å². The lowest BCUT2D eigenvalue weighted by Crippen LogP contribution is -1.92. The number of benzene rings is 1. The summed E-state index contributed by atoms with van der Waals surface area (Å²) < 4.78 is 0. The average Bonchev–Trinajstić information content (AvgIpc) is 2.08. The topological polar surface area (TPSA) is 81.5 Å². The first-order valence-electron chi connectivity index (χ1n) is 3.32. The Bertz CT molecular complexity index is 365. The molecule has 0 saturated carbocycles. The molecule has 0 saturated heterocycles. The van der Waals surface area contributed by atoms with Crippen LogP contribution in [0.25, 0.3) is 0 Å². The van der Waals surface area contributed by atoms with Crippen molar-refractivity contribution >= 4 is 23.5 Å². The molecule has 5 nitrogen and oxygen atoms in total. The van der Waals surface area contributed by atoms with Gasteiger partial charge in [0.05, 0.1) is 11.1 Å². The quantitative estimate of drug-likeness (QED) is 0.340. The molecular formula is C7H6ClN3O2. The Balaban J connectivity index is 3.18. The summed E-state index contributed by atoms with van der Waals surface area (Å²) in [5, 5.41) is 13.8. The molecule has 0 spiro atoms. The van der Waals surface area contributed by atoms with Crippen LogP contribution in [0.5, 0.6) is 0 Å². The fourth-order valence-corrected chi connectivity index (χ4v) is 1.02. The Labute approximate surface area is 79.0 Å². The van der Waals surface area contributed by atoms with Gasteiger partial charge in [0.25, 0.3) is 5.69 Å². The van der Waals surface area contributed by atoms with E-state index >= 15 is 0 Å². The summed E-state index contributed by atoms with van der Waals surface area (Å²) in [6.07, 6.45) is 1.31. The molecule has 0 bridgehead atoms. The maximum atomic E-state index is 10.4. The SMILES string of the molecule is NN=Cc1ccc(Cl)c([N+](=O)[O-])c1. The van der Waals surface area contributed by atoms with Crippen LogP contribution in [-0.4, -0.2) is 11.1 Å². The molecule has 0 aliphatic heterocycles. The molecule has 1 rings (SSSR count). The predicted molar refractivity (Wildman–Crippen MR) is 49.9 cm³/mol. The smallest absolute Gasteiger partial charge is 0.288 e. The molecule has 0 aliphatic carbocycles. The van der Waals surface area contributed by atoms with Crippen LogP contribution in [0.1, 0.15) is 5.56 Å². The standard InChI is InChI=1S/C7H6ClN3O2/c8-6-2-1-5(4-10-9)3-7(6)11(12)13/h1-4H,9H2. The van der Waals surface area contributed by atoms with Crippen molar-refractivity contribution in [3.63, 3.8) is 0 Å². The van der Waals surface area contributed by atoms with E-state index in [0.29, 0.717) is 5.56 Å². The van der Waals surface area contributed by atoms with Crippen molar-refractivity contribution < 1.29 is 4.92 Å². The number of nitro groups is 1. The molecule has 0 radical (unpaired) electrons. The lowest BCUT2D eigenvalue weighted by molar-refractivity contribution is -0.384. The highest BCUT2D eigenvalue weighted by molar-refractivity contribution is 6.32. The normalized spacial score (nSPS) is 10.5. The molecule has 0 aromatic heterocycles. The van der Waals surface area contributed by atoms with Gasteiger partial charge in [-0.1, -0.05) is 17.7 Å². The molecule has 0 fully saturated rings. The van der Waals surface area contributed by atoms with E-state index in [0.717, 1.165) is 0 Å². The average molecular weight is 200 g/mol. The number of hydrogen-bond acceptors (Lipinski definition) is 4. The zero-order chi connectivity index (χ0) is 9.84. The van der Waals surface area contributed by atoms with Crippen molar-refractivity contribution in [1.29, 1.82) is 0 Å². The Kier molecular flexibility index (Phi) is 2.81. The van der Waals surface area contributed by atoms with Crippen LogP contribution in [0, 0.1) is 10.1 Å². The van der Waals surface area contributed by atoms with Crippen molar-refractivity contribution in [3.8, 4) is 0 Å². The molecule has 0 amide bonds. The molecule has 0 atom stereocenters. The number of hydrogen-bond donors (Lipinski definition) is 1. The molecule has 6 heteroatoms. The van der Waals surface area contributed by atoms with Crippen LogP contribution in [0.15, 0.2) is 23.3 Å². The minimum Gasteiger partial charge on any atom is -0.323 e. The number of nitro benzene ring substituents is 1. The third-order valence-electron chi connectivity index (χ3n) is 1.39. The maximum absolute atomic E-state index is 10.4. The second-order valence-corrected chi connectivity index (χ2v) is 2.65. The second kappa shape index (κ2) is 3.86. The first-order valence-corrected chi connectivity index (χ1v) is 3.70. The van der Waals surface area contributed by atoms with Gasteiger partial charge in [-0.3, -0.25) is 10.1 Å². The van der Waals surface area contributed by atoms with E-state index in [1.165, 1.54) is 18.3 Å². The summed E-state index contributed by atoms with van der Waals surface area (Å²) in [6.45, 7) is 0. The number of halogens is 1. The van der Waals surface area contributed by atoms with Crippen LogP contribution in [-0.2, 0) is 0 Å². The number of nitrogens with two attached hydrogens (primary N) is 1. The summed E-state index contributed by atoms with van der Waals surface area (Å²) in [5.41, 5.74) is 0.387. The highest BCUT2D eigenvalue weighted by Gasteiger charge is 2.11. The summed E-state index contributed by atoms with van der Waals surface area (Å²) >= 11 is 5.57. The van der Waals surface area contributed by atoms with Crippen molar-refractivity contribution in [2.45, 2.75) is 0 Å². The first-order chi connectivity index (χ1) is 6.15. The van der Waals surface area contributed by atoms with E-state index in [1.807, 2.05) is 0 Å². The summed E-state index contributed by atoms with van der Waals surface area (Å²) in [5.74, 6) is 4.89. The summed E-state index contributed by atoms with van der Waals surface area (Å²) in [7, 11) is 0. The van der Waals surface area contributed by atoms with Gasteiger partial charge < -0.3 is 5.84 Å². The fourth-order valence-electron chi connectivity index (χ4n) is 0.836. The zero-order valence-electron chi connectivity index (χ0n) is 6.48. The summed E-state index contributed by atoms with van der Waals surface area (Å²) in [6, 6.07) is 4.32. The van der Waals surface area contributed by atoms with Crippen LogP contribution in [0.4, 0.5) is 5.69 Å². The largest absolute Gasteiger partial charge is 0.323 e. The molecule has 1 aromatic carbocycles. The van der Waals surface area contributed by atoms with Gasteiger partial charge in [0.15, 0.2) is 0 Å². The minimum absolute atomic E-state index is 0.0965. The summed E-state index contributed by atoms with van der Waals surface area (Å²) in [4.78, 5) is 9.86. The number of rotatable bonds is 2. The Morgan fingerprint density at radius 3 is 2.85 bits per heavy atom. The van der Waals surface area contributed by atoms with Crippen molar-refractivity contribution in [1.82, 2.24) is 0 Å². The van der Waals surface area contributed by atoms with E-state index in [2.05, 4.69) is 5.10 Å². The fraction of sp³-hybridized carbons (Fsp3) is 0. The lowest BCUT2D eigenvalue weighted by atomic mass is 10.2. The van der Waals surface area contributed by atoms with E-state index in [-0.39, 0.29) is 10.7 Å².